The Balaban J connectivity index is 1.79. The van der Waals surface area contributed by atoms with Gasteiger partial charge in [0, 0.05) is 28.3 Å². The number of halogens is 2. The van der Waals surface area contributed by atoms with Crippen LogP contribution in [0, 0.1) is 17.0 Å². The molecule has 1 heterocycles. The van der Waals surface area contributed by atoms with Gasteiger partial charge in [-0.25, -0.2) is 0 Å². The molecule has 33 heavy (non-hydrogen) atoms. The van der Waals surface area contributed by atoms with Crippen molar-refractivity contribution >= 4 is 45.6 Å². The average molecular weight is 484 g/mol. The molecule has 0 spiro atoms. The molecular weight excluding hydrogens is 469 g/mol. The van der Waals surface area contributed by atoms with Crippen molar-refractivity contribution in [3.8, 4) is 17.1 Å². The molecule has 0 amide bonds. The molecule has 0 saturated heterocycles. The fourth-order valence-electron chi connectivity index (χ4n) is 3.25. The van der Waals surface area contributed by atoms with Gasteiger partial charge >= 0.3 is 0 Å². The summed E-state index contributed by atoms with van der Waals surface area (Å²) in [4.78, 5) is 36.3. The highest BCUT2D eigenvalue weighted by molar-refractivity contribution is 6.38. The number of aryl methyl sites for hydroxylation is 1. The largest absolute Gasteiger partial charge is 0.478 e. The summed E-state index contributed by atoms with van der Waals surface area (Å²) < 4.78 is 11.6. The van der Waals surface area contributed by atoms with Gasteiger partial charge in [-0.2, -0.15) is 0 Å². The van der Waals surface area contributed by atoms with E-state index in [0.29, 0.717) is 5.56 Å². The van der Waals surface area contributed by atoms with E-state index in [0.717, 1.165) is 11.6 Å². The first-order valence-electron chi connectivity index (χ1n) is 9.68. The van der Waals surface area contributed by atoms with Crippen LogP contribution in [-0.4, -0.2) is 17.3 Å². The van der Waals surface area contributed by atoms with Crippen molar-refractivity contribution in [3.05, 3.63) is 102 Å². The second kappa shape index (κ2) is 9.05. The van der Waals surface area contributed by atoms with Gasteiger partial charge < -0.3 is 9.15 Å². The topological polar surface area (TPSA) is 99.7 Å². The van der Waals surface area contributed by atoms with Crippen LogP contribution in [0.3, 0.4) is 0 Å². The monoisotopic (exact) mass is 483 g/mol. The van der Waals surface area contributed by atoms with Crippen LogP contribution in [0.15, 0.2) is 69.9 Å². The summed E-state index contributed by atoms with van der Waals surface area (Å²) in [7, 11) is 0. The van der Waals surface area contributed by atoms with Gasteiger partial charge in [-0.1, -0.05) is 65.2 Å². The molecule has 3 aromatic carbocycles. The van der Waals surface area contributed by atoms with E-state index in [2.05, 4.69) is 0 Å². The Hall–Kier alpha value is -3.68. The zero-order valence-electron chi connectivity index (χ0n) is 17.1. The summed E-state index contributed by atoms with van der Waals surface area (Å²) in [6.07, 6.45) is 0. The molecule has 1 aromatic heterocycles. The van der Waals surface area contributed by atoms with Gasteiger partial charge in [0.25, 0.3) is 5.69 Å². The van der Waals surface area contributed by atoms with Gasteiger partial charge in [0.15, 0.2) is 23.7 Å². The number of nitro groups is 1. The van der Waals surface area contributed by atoms with Crippen LogP contribution in [0.1, 0.15) is 15.9 Å². The van der Waals surface area contributed by atoms with Crippen LogP contribution < -0.4 is 10.2 Å². The lowest BCUT2D eigenvalue weighted by molar-refractivity contribution is -0.384. The van der Waals surface area contributed by atoms with Crippen LogP contribution in [0.5, 0.6) is 5.75 Å². The molecule has 166 valence electrons. The molecule has 0 fully saturated rings. The highest BCUT2D eigenvalue weighted by atomic mass is 35.5. The summed E-state index contributed by atoms with van der Waals surface area (Å²) in [6.45, 7) is 1.37. The normalized spacial score (nSPS) is 10.9. The first-order chi connectivity index (χ1) is 15.7. The molecule has 0 aliphatic carbocycles. The average Bonchev–Trinajstić information content (AvgIpc) is 2.79. The maximum atomic E-state index is 13.3. The van der Waals surface area contributed by atoms with E-state index >= 15 is 0 Å². The van der Waals surface area contributed by atoms with Crippen molar-refractivity contribution in [1.82, 2.24) is 0 Å². The number of hydrogen-bond acceptors (Lipinski definition) is 6. The van der Waals surface area contributed by atoms with Crippen molar-refractivity contribution < 1.29 is 18.9 Å². The summed E-state index contributed by atoms with van der Waals surface area (Å²) in [5.74, 6) is -0.635. The Morgan fingerprint density at radius 3 is 2.52 bits per heavy atom. The minimum atomic E-state index is -0.599. The van der Waals surface area contributed by atoms with Crippen molar-refractivity contribution in [3.63, 3.8) is 0 Å². The van der Waals surface area contributed by atoms with Crippen molar-refractivity contribution in [2.75, 3.05) is 6.61 Å². The summed E-state index contributed by atoms with van der Waals surface area (Å²) in [6, 6.07) is 15.3. The van der Waals surface area contributed by atoms with Gasteiger partial charge in [-0.15, -0.1) is 0 Å². The molecule has 9 heteroatoms. The van der Waals surface area contributed by atoms with Crippen LogP contribution in [0.4, 0.5) is 5.69 Å². The lowest BCUT2D eigenvalue weighted by atomic mass is 10.1. The molecule has 0 aliphatic heterocycles. The van der Waals surface area contributed by atoms with Crippen LogP contribution >= 0.6 is 23.2 Å². The Bertz CT molecular complexity index is 1460. The number of benzene rings is 3. The number of nitro benzene ring substituents is 1. The predicted molar refractivity (Wildman–Crippen MR) is 126 cm³/mol. The number of hydrogen-bond donors (Lipinski definition) is 0. The van der Waals surface area contributed by atoms with Gasteiger partial charge in [0.1, 0.15) is 0 Å². The molecule has 0 saturated carbocycles. The third kappa shape index (κ3) is 4.60. The van der Waals surface area contributed by atoms with E-state index in [4.69, 9.17) is 32.4 Å². The minimum Gasteiger partial charge on any atom is -0.478 e. The van der Waals surface area contributed by atoms with E-state index < -0.39 is 22.7 Å². The number of ether oxygens (including phenoxy) is 1. The van der Waals surface area contributed by atoms with E-state index in [1.165, 1.54) is 30.3 Å². The summed E-state index contributed by atoms with van der Waals surface area (Å²) in [5.41, 5.74) is 0.980. The van der Waals surface area contributed by atoms with Crippen molar-refractivity contribution in [2.24, 2.45) is 0 Å². The Morgan fingerprint density at radius 1 is 1.09 bits per heavy atom. The standard InChI is InChI=1S/C24H15Cl2NO6/c1-13-5-7-14(8-6-13)22-24(21(29)18-10-16(25)11-19(26)23(18)33-22)32-12-20(28)15-3-2-4-17(9-15)27(30)31/h2-11H,12H2,1H3. The molecule has 0 unspecified atom stereocenters. The highest BCUT2D eigenvalue weighted by Gasteiger charge is 2.21. The Labute approximate surface area is 197 Å². The second-order valence-corrected chi connectivity index (χ2v) is 8.08. The van der Waals surface area contributed by atoms with Crippen molar-refractivity contribution in [2.45, 2.75) is 6.92 Å². The second-order valence-electron chi connectivity index (χ2n) is 7.24. The molecular formula is C24H15Cl2NO6. The quantitative estimate of drug-likeness (QED) is 0.182. The van der Waals surface area contributed by atoms with E-state index in [1.54, 1.807) is 12.1 Å². The Kier molecular flexibility index (Phi) is 6.18. The number of ketones is 1. The highest BCUT2D eigenvalue weighted by Crippen LogP contribution is 2.35. The van der Waals surface area contributed by atoms with Gasteiger partial charge in [0.2, 0.25) is 11.2 Å². The molecule has 4 aromatic rings. The zero-order valence-corrected chi connectivity index (χ0v) is 18.6. The maximum absolute atomic E-state index is 13.3. The van der Waals surface area contributed by atoms with Crippen LogP contribution in [0.2, 0.25) is 10.0 Å². The maximum Gasteiger partial charge on any atom is 0.270 e. The zero-order chi connectivity index (χ0) is 23.7. The van der Waals surface area contributed by atoms with E-state index in [9.17, 15) is 19.7 Å². The SMILES string of the molecule is Cc1ccc(-c2oc3c(Cl)cc(Cl)cc3c(=O)c2OCC(=O)c2cccc([N+](=O)[O-])c2)cc1. The third-order valence-electron chi connectivity index (χ3n) is 4.91. The Morgan fingerprint density at radius 2 is 1.82 bits per heavy atom. The lowest BCUT2D eigenvalue weighted by Crippen LogP contribution is -2.17. The van der Waals surface area contributed by atoms with Gasteiger partial charge in [-0.3, -0.25) is 19.7 Å². The fourth-order valence-corrected chi connectivity index (χ4v) is 3.78. The minimum absolute atomic E-state index is 0.0809. The lowest BCUT2D eigenvalue weighted by Gasteiger charge is -2.12. The van der Waals surface area contributed by atoms with Crippen LogP contribution in [0.25, 0.3) is 22.3 Å². The number of carbonyl (C=O) groups is 1. The predicted octanol–water partition coefficient (Wildman–Crippen LogP) is 6.25. The molecule has 7 nitrogen and oxygen atoms in total. The molecule has 0 aliphatic rings. The number of Topliss-reactive ketones (excluding diaryl/α,β-unsaturated/α-hetero) is 1. The van der Waals surface area contributed by atoms with E-state index in [-0.39, 0.29) is 43.8 Å². The molecule has 0 bridgehead atoms. The molecule has 0 N–H and O–H groups in total. The van der Waals surface area contributed by atoms with E-state index in [1.807, 2.05) is 19.1 Å². The summed E-state index contributed by atoms with van der Waals surface area (Å²) >= 11 is 12.3. The van der Waals surface area contributed by atoms with Crippen molar-refractivity contribution in [1.29, 1.82) is 0 Å². The van der Waals surface area contributed by atoms with Gasteiger partial charge in [0.05, 0.1) is 15.3 Å². The summed E-state index contributed by atoms with van der Waals surface area (Å²) in [5, 5.41) is 11.5. The number of rotatable bonds is 6. The van der Waals surface area contributed by atoms with Gasteiger partial charge in [-0.05, 0) is 19.1 Å². The van der Waals surface area contributed by atoms with Crippen LogP contribution in [-0.2, 0) is 0 Å². The molecule has 0 radical (unpaired) electrons. The number of nitrogens with zero attached hydrogens (tertiary/aromatic N) is 1. The molecule has 0 atom stereocenters. The number of fused-ring (bicyclic) bond motifs is 1. The first-order valence-corrected chi connectivity index (χ1v) is 10.4. The third-order valence-corrected chi connectivity index (χ3v) is 5.41. The fraction of sp³-hybridized carbons (Fsp3) is 0.0833. The number of carbonyl (C=O) groups excluding carboxylic acids is 1. The smallest absolute Gasteiger partial charge is 0.270 e. The first kappa shape index (κ1) is 22.5. The number of non-ortho nitro benzene ring substituents is 1. The molecule has 4 rings (SSSR count).